The number of urea groups is 1. The molecule has 0 fully saturated rings. The smallest absolute Gasteiger partial charge is 0.320 e. The molecular formula is C19H19ClN2O. The number of anilines is 1. The average Bonchev–Trinajstić information content (AvgIpc) is 2.59. The summed E-state index contributed by atoms with van der Waals surface area (Å²) in [5.41, 5.74) is 4.26. The Labute approximate surface area is 141 Å². The lowest BCUT2D eigenvalue weighted by Crippen LogP contribution is -2.37. The highest BCUT2D eigenvalue weighted by molar-refractivity contribution is 6.31. The SMILES string of the molecule is Cc1ccc(NC(=O)N2CC=C(c3ccccc3)CC2)cc1Cl. The second kappa shape index (κ2) is 6.88. The molecule has 118 valence electrons. The summed E-state index contributed by atoms with van der Waals surface area (Å²) in [6.07, 6.45) is 2.99. The fraction of sp³-hybridized carbons (Fsp3) is 0.211. The maximum absolute atomic E-state index is 12.3. The normalized spacial score (nSPS) is 14.3. The summed E-state index contributed by atoms with van der Waals surface area (Å²) < 4.78 is 0. The average molecular weight is 327 g/mol. The molecule has 0 unspecified atom stereocenters. The van der Waals surface area contributed by atoms with Gasteiger partial charge in [0, 0.05) is 23.8 Å². The second-order valence-electron chi connectivity index (χ2n) is 5.69. The molecule has 0 saturated carbocycles. The molecule has 0 aliphatic carbocycles. The van der Waals surface area contributed by atoms with Crippen LogP contribution in [0.2, 0.25) is 5.02 Å². The number of carbonyl (C=O) groups is 1. The number of hydrogen-bond acceptors (Lipinski definition) is 1. The molecule has 2 aromatic carbocycles. The molecule has 3 nitrogen and oxygen atoms in total. The van der Waals surface area contributed by atoms with Gasteiger partial charge in [-0.05, 0) is 42.2 Å². The topological polar surface area (TPSA) is 32.3 Å². The molecule has 0 spiro atoms. The summed E-state index contributed by atoms with van der Waals surface area (Å²) >= 11 is 6.10. The summed E-state index contributed by atoms with van der Waals surface area (Å²) in [7, 11) is 0. The first-order valence-corrected chi connectivity index (χ1v) is 8.08. The first-order valence-electron chi connectivity index (χ1n) is 7.70. The Morgan fingerprint density at radius 3 is 2.61 bits per heavy atom. The van der Waals surface area contributed by atoms with Gasteiger partial charge in [-0.25, -0.2) is 4.79 Å². The molecule has 1 heterocycles. The van der Waals surface area contributed by atoms with E-state index < -0.39 is 0 Å². The van der Waals surface area contributed by atoms with Crippen LogP contribution in [0.15, 0.2) is 54.6 Å². The molecule has 3 rings (SSSR count). The van der Waals surface area contributed by atoms with Gasteiger partial charge in [0.25, 0.3) is 0 Å². The van der Waals surface area contributed by atoms with Crippen LogP contribution in [-0.2, 0) is 0 Å². The van der Waals surface area contributed by atoms with Crippen molar-refractivity contribution >= 4 is 28.9 Å². The molecule has 0 radical (unpaired) electrons. The van der Waals surface area contributed by atoms with E-state index in [2.05, 4.69) is 23.5 Å². The minimum Gasteiger partial charge on any atom is -0.320 e. The lowest BCUT2D eigenvalue weighted by molar-refractivity contribution is 0.217. The van der Waals surface area contributed by atoms with Crippen LogP contribution in [0, 0.1) is 6.92 Å². The molecular weight excluding hydrogens is 308 g/mol. The van der Waals surface area contributed by atoms with E-state index in [1.807, 2.05) is 37.3 Å². The van der Waals surface area contributed by atoms with Gasteiger partial charge < -0.3 is 10.2 Å². The number of aryl methyl sites for hydroxylation is 1. The van der Waals surface area contributed by atoms with E-state index in [4.69, 9.17) is 11.6 Å². The van der Waals surface area contributed by atoms with Crippen molar-refractivity contribution in [2.45, 2.75) is 13.3 Å². The zero-order valence-electron chi connectivity index (χ0n) is 13.1. The zero-order valence-corrected chi connectivity index (χ0v) is 13.8. The van der Waals surface area contributed by atoms with Crippen LogP contribution in [0.5, 0.6) is 0 Å². The van der Waals surface area contributed by atoms with Crippen molar-refractivity contribution in [1.29, 1.82) is 0 Å². The van der Waals surface area contributed by atoms with Gasteiger partial charge in [0.2, 0.25) is 0 Å². The van der Waals surface area contributed by atoms with E-state index in [-0.39, 0.29) is 6.03 Å². The fourth-order valence-corrected chi connectivity index (χ4v) is 2.82. The number of halogens is 1. The lowest BCUT2D eigenvalue weighted by Gasteiger charge is -2.27. The van der Waals surface area contributed by atoms with Crippen LogP contribution >= 0.6 is 11.6 Å². The van der Waals surface area contributed by atoms with Gasteiger partial charge in [0.1, 0.15) is 0 Å². The number of carbonyl (C=O) groups excluding carboxylic acids is 1. The van der Waals surface area contributed by atoms with Crippen LogP contribution in [-0.4, -0.2) is 24.0 Å². The summed E-state index contributed by atoms with van der Waals surface area (Å²) in [5, 5.41) is 3.57. The van der Waals surface area contributed by atoms with Gasteiger partial charge in [0.15, 0.2) is 0 Å². The van der Waals surface area contributed by atoms with Gasteiger partial charge in [-0.15, -0.1) is 0 Å². The minimum atomic E-state index is -0.0896. The predicted octanol–water partition coefficient (Wildman–Crippen LogP) is 4.97. The van der Waals surface area contributed by atoms with Crippen molar-refractivity contribution < 1.29 is 4.79 Å². The van der Waals surface area contributed by atoms with Gasteiger partial charge in [-0.2, -0.15) is 0 Å². The van der Waals surface area contributed by atoms with Crippen LogP contribution in [0.4, 0.5) is 10.5 Å². The third-order valence-corrected chi connectivity index (χ3v) is 4.47. The highest BCUT2D eigenvalue weighted by atomic mass is 35.5. The number of nitrogens with zero attached hydrogens (tertiary/aromatic N) is 1. The van der Waals surface area contributed by atoms with Gasteiger partial charge in [-0.3, -0.25) is 0 Å². The third kappa shape index (κ3) is 3.74. The number of rotatable bonds is 2. The Balaban J connectivity index is 1.64. The van der Waals surface area contributed by atoms with Crippen LogP contribution in [0.25, 0.3) is 5.57 Å². The van der Waals surface area contributed by atoms with Crippen molar-refractivity contribution in [3.05, 3.63) is 70.8 Å². The Hall–Kier alpha value is -2.26. The molecule has 0 aromatic heterocycles. The monoisotopic (exact) mass is 326 g/mol. The third-order valence-electron chi connectivity index (χ3n) is 4.06. The van der Waals surface area contributed by atoms with Crippen LogP contribution in [0.3, 0.4) is 0 Å². The number of nitrogens with one attached hydrogen (secondary N) is 1. The van der Waals surface area contributed by atoms with E-state index in [1.165, 1.54) is 11.1 Å². The maximum atomic E-state index is 12.3. The number of benzene rings is 2. The Morgan fingerprint density at radius 1 is 1.17 bits per heavy atom. The molecule has 23 heavy (non-hydrogen) atoms. The number of hydrogen-bond donors (Lipinski definition) is 1. The van der Waals surface area contributed by atoms with Crippen molar-refractivity contribution in [2.75, 3.05) is 18.4 Å². The minimum absolute atomic E-state index is 0.0896. The Kier molecular flexibility index (Phi) is 4.68. The molecule has 4 heteroatoms. The fourth-order valence-electron chi connectivity index (χ4n) is 2.64. The Morgan fingerprint density at radius 2 is 1.96 bits per heavy atom. The number of amides is 2. The highest BCUT2D eigenvalue weighted by Gasteiger charge is 2.18. The van der Waals surface area contributed by atoms with Crippen LogP contribution < -0.4 is 5.32 Å². The molecule has 1 aliphatic heterocycles. The first kappa shape index (κ1) is 15.6. The molecule has 0 saturated heterocycles. The van der Waals surface area contributed by atoms with Crippen molar-refractivity contribution in [1.82, 2.24) is 4.90 Å². The highest BCUT2D eigenvalue weighted by Crippen LogP contribution is 2.23. The van der Waals surface area contributed by atoms with Crippen molar-refractivity contribution in [2.24, 2.45) is 0 Å². The molecule has 1 N–H and O–H groups in total. The summed E-state index contributed by atoms with van der Waals surface area (Å²) in [4.78, 5) is 14.2. The Bertz CT molecular complexity index is 740. The summed E-state index contributed by atoms with van der Waals surface area (Å²) in [5.74, 6) is 0. The van der Waals surface area contributed by atoms with E-state index in [0.29, 0.717) is 18.1 Å². The lowest BCUT2D eigenvalue weighted by atomic mass is 10.00. The predicted molar refractivity (Wildman–Crippen MR) is 95.8 cm³/mol. The van der Waals surface area contributed by atoms with Gasteiger partial charge in [-0.1, -0.05) is 54.1 Å². The summed E-state index contributed by atoms with van der Waals surface area (Å²) in [6.45, 7) is 3.27. The van der Waals surface area contributed by atoms with Crippen molar-refractivity contribution in [3.8, 4) is 0 Å². The molecule has 2 amide bonds. The molecule has 0 atom stereocenters. The van der Waals surface area contributed by atoms with E-state index in [0.717, 1.165) is 17.7 Å². The van der Waals surface area contributed by atoms with Crippen molar-refractivity contribution in [3.63, 3.8) is 0 Å². The van der Waals surface area contributed by atoms with Gasteiger partial charge >= 0.3 is 6.03 Å². The first-order chi connectivity index (χ1) is 11.1. The van der Waals surface area contributed by atoms with Crippen LogP contribution in [0.1, 0.15) is 17.5 Å². The van der Waals surface area contributed by atoms with E-state index in [1.54, 1.807) is 11.0 Å². The second-order valence-corrected chi connectivity index (χ2v) is 6.09. The quantitative estimate of drug-likeness (QED) is 0.830. The zero-order chi connectivity index (χ0) is 16.2. The van der Waals surface area contributed by atoms with Gasteiger partial charge in [0.05, 0.1) is 0 Å². The largest absolute Gasteiger partial charge is 0.322 e. The maximum Gasteiger partial charge on any atom is 0.322 e. The molecule has 2 aromatic rings. The van der Waals surface area contributed by atoms with E-state index in [9.17, 15) is 4.79 Å². The molecule has 1 aliphatic rings. The van der Waals surface area contributed by atoms with E-state index >= 15 is 0 Å². The molecule has 0 bridgehead atoms. The summed E-state index contributed by atoms with van der Waals surface area (Å²) in [6, 6.07) is 15.8. The standard InChI is InChI=1S/C19H19ClN2O/c1-14-7-8-17(13-18(14)20)21-19(23)22-11-9-16(10-12-22)15-5-3-2-4-6-15/h2-9,13H,10-12H2,1H3,(H,21,23).